The largest absolute Gasteiger partial charge is 0.489 e. The Kier molecular flexibility index (Phi) is 7.87. The molecule has 2 heterocycles. The van der Waals surface area contributed by atoms with Gasteiger partial charge in [0.2, 0.25) is 0 Å². The molecule has 190 valence electrons. The van der Waals surface area contributed by atoms with E-state index in [1.165, 1.54) is 19.3 Å². The van der Waals surface area contributed by atoms with E-state index in [1.54, 1.807) is 23.7 Å². The molecule has 2 fully saturated rings. The summed E-state index contributed by atoms with van der Waals surface area (Å²) in [6.07, 6.45) is 6.95. The van der Waals surface area contributed by atoms with E-state index >= 15 is 0 Å². The number of nitrogens with zero attached hydrogens (tertiary/aromatic N) is 5. The van der Waals surface area contributed by atoms with Crippen LogP contribution in [0.15, 0.2) is 12.1 Å². The number of hydrogen-bond acceptors (Lipinski definition) is 7. The quantitative estimate of drug-likeness (QED) is 0.558. The summed E-state index contributed by atoms with van der Waals surface area (Å²) >= 11 is 0. The maximum atomic E-state index is 12.4. The van der Waals surface area contributed by atoms with Crippen LogP contribution in [0.25, 0.3) is 11.4 Å². The monoisotopic (exact) mass is 485 g/mol. The van der Waals surface area contributed by atoms with Crippen LogP contribution in [-0.2, 0) is 23.2 Å². The number of carboxylic acids is 1. The minimum atomic E-state index is -0.754. The van der Waals surface area contributed by atoms with Crippen molar-refractivity contribution in [2.75, 3.05) is 13.6 Å². The number of rotatable bonds is 8. The average Bonchev–Trinajstić information content (AvgIpc) is 3.00. The highest BCUT2D eigenvalue weighted by Crippen LogP contribution is 2.30. The third-order valence-corrected chi connectivity index (χ3v) is 7.14. The van der Waals surface area contributed by atoms with Gasteiger partial charge >= 0.3 is 12.1 Å². The molecule has 10 nitrogen and oxygen atoms in total. The Morgan fingerprint density at radius 3 is 2.63 bits per heavy atom. The zero-order valence-corrected chi connectivity index (χ0v) is 20.8. The number of carbonyl (C=O) groups excluding carboxylic acids is 1. The lowest BCUT2D eigenvalue weighted by Gasteiger charge is -2.29. The van der Waals surface area contributed by atoms with Gasteiger partial charge in [-0.15, -0.1) is 5.10 Å². The van der Waals surface area contributed by atoms with Crippen LogP contribution in [0.5, 0.6) is 5.75 Å². The molecular formula is C25H35N5O5. The van der Waals surface area contributed by atoms with Crippen molar-refractivity contribution in [2.45, 2.75) is 71.0 Å². The van der Waals surface area contributed by atoms with Crippen molar-refractivity contribution in [1.29, 1.82) is 0 Å². The topological polar surface area (TPSA) is 120 Å². The van der Waals surface area contributed by atoms with Crippen molar-refractivity contribution >= 4 is 12.1 Å². The van der Waals surface area contributed by atoms with Gasteiger partial charge in [-0.05, 0) is 63.5 Å². The second kappa shape index (κ2) is 11.0. The number of hydrogen-bond donors (Lipinski definition) is 1. The van der Waals surface area contributed by atoms with Gasteiger partial charge in [0.1, 0.15) is 23.7 Å². The third-order valence-electron chi connectivity index (χ3n) is 7.14. The van der Waals surface area contributed by atoms with Gasteiger partial charge in [-0.2, -0.15) is 0 Å². The molecule has 35 heavy (non-hydrogen) atoms. The van der Waals surface area contributed by atoms with Crippen LogP contribution in [0.2, 0.25) is 0 Å². The standard InChI is InChI=1S/C25H35N5O5/c1-16-22(35-19-10-5-4-9-18(13-19)24(31)32)12-11-20(26-16)23-21(30(3)28-27-23)15-34-25(33)29(2)14-17-7-6-8-17/h11-12,17-19H,4-10,13-15H2,1-3H3,(H,31,32)/t18?,19-/m1/s1. The van der Waals surface area contributed by atoms with E-state index in [-0.39, 0.29) is 24.7 Å². The maximum absolute atomic E-state index is 12.4. The number of amides is 1. The van der Waals surface area contributed by atoms with Crippen LogP contribution in [0, 0.1) is 18.8 Å². The van der Waals surface area contributed by atoms with Crippen LogP contribution in [0.3, 0.4) is 0 Å². The van der Waals surface area contributed by atoms with Gasteiger partial charge in [0.15, 0.2) is 0 Å². The van der Waals surface area contributed by atoms with Gasteiger partial charge in [0.05, 0.1) is 23.4 Å². The predicted molar refractivity (Wildman–Crippen MR) is 128 cm³/mol. The fraction of sp³-hybridized carbons (Fsp3) is 0.640. The molecule has 2 saturated carbocycles. The highest BCUT2D eigenvalue weighted by atomic mass is 16.6. The molecule has 1 amide bonds. The highest BCUT2D eigenvalue weighted by molar-refractivity contribution is 5.70. The molecule has 2 atom stereocenters. The van der Waals surface area contributed by atoms with E-state index in [1.807, 2.05) is 19.1 Å². The molecule has 2 aromatic rings. The second-order valence-corrected chi connectivity index (χ2v) is 9.82. The van der Waals surface area contributed by atoms with Gasteiger partial charge in [-0.25, -0.2) is 14.5 Å². The smallest absolute Gasteiger partial charge is 0.409 e. The number of carbonyl (C=O) groups is 2. The molecule has 0 saturated heterocycles. The number of ether oxygens (including phenoxy) is 2. The third kappa shape index (κ3) is 6.10. The van der Waals surface area contributed by atoms with Crippen LogP contribution in [0.1, 0.15) is 62.8 Å². The molecule has 4 rings (SSSR count). The molecule has 0 radical (unpaired) electrons. The van der Waals surface area contributed by atoms with Crippen LogP contribution in [-0.4, -0.2) is 61.7 Å². The molecule has 0 bridgehead atoms. The number of pyridine rings is 1. The Morgan fingerprint density at radius 1 is 1.17 bits per heavy atom. The Balaban J connectivity index is 1.42. The van der Waals surface area contributed by atoms with Gasteiger partial charge < -0.3 is 19.5 Å². The normalized spacial score (nSPS) is 20.5. The number of aryl methyl sites for hydroxylation is 2. The van der Waals surface area contributed by atoms with Crippen molar-refractivity contribution in [3.63, 3.8) is 0 Å². The summed E-state index contributed by atoms with van der Waals surface area (Å²) in [6.45, 7) is 2.62. The molecule has 2 aromatic heterocycles. The van der Waals surface area contributed by atoms with E-state index in [4.69, 9.17) is 9.47 Å². The fourth-order valence-corrected chi connectivity index (χ4v) is 4.75. The molecule has 1 N–H and O–H groups in total. The van der Waals surface area contributed by atoms with Crippen LogP contribution in [0.4, 0.5) is 4.79 Å². The van der Waals surface area contributed by atoms with Crippen molar-refractivity contribution in [3.8, 4) is 17.1 Å². The Hall–Kier alpha value is -3.17. The van der Waals surface area contributed by atoms with E-state index in [0.29, 0.717) is 53.8 Å². The first-order valence-electron chi connectivity index (χ1n) is 12.5. The minimum absolute atomic E-state index is 0.0459. The molecule has 0 aromatic carbocycles. The molecule has 0 aliphatic heterocycles. The highest BCUT2D eigenvalue weighted by Gasteiger charge is 2.27. The number of aromatic nitrogens is 4. The van der Waals surface area contributed by atoms with Crippen molar-refractivity contribution in [2.24, 2.45) is 18.9 Å². The molecule has 2 aliphatic carbocycles. The van der Waals surface area contributed by atoms with E-state index in [2.05, 4.69) is 15.3 Å². The zero-order chi connectivity index (χ0) is 24.9. The molecular weight excluding hydrogens is 450 g/mol. The summed E-state index contributed by atoms with van der Waals surface area (Å²) in [5.41, 5.74) is 2.51. The van der Waals surface area contributed by atoms with E-state index < -0.39 is 5.97 Å². The predicted octanol–water partition coefficient (Wildman–Crippen LogP) is 3.97. The first-order chi connectivity index (χ1) is 16.8. The average molecular weight is 486 g/mol. The van der Waals surface area contributed by atoms with Gasteiger partial charge in [-0.3, -0.25) is 4.79 Å². The maximum Gasteiger partial charge on any atom is 0.409 e. The van der Waals surface area contributed by atoms with E-state index in [0.717, 1.165) is 19.3 Å². The minimum Gasteiger partial charge on any atom is -0.489 e. The molecule has 1 unspecified atom stereocenters. The first-order valence-corrected chi connectivity index (χ1v) is 12.5. The fourth-order valence-electron chi connectivity index (χ4n) is 4.75. The first kappa shape index (κ1) is 24.9. The SMILES string of the molecule is Cc1nc(-c2nnn(C)c2COC(=O)N(C)CC2CCC2)ccc1O[C@@H]1CCCCC(C(=O)O)C1. The summed E-state index contributed by atoms with van der Waals surface area (Å²) in [4.78, 5) is 30.2. The molecule has 0 spiro atoms. The van der Waals surface area contributed by atoms with Gasteiger partial charge in [0.25, 0.3) is 0 Å². The second-order valence-electron chi connectivity index (χ2n) is 9.82. The summed E-state index contributed by atoms with van der Waals surface area (Å²) in [5, 5.41) is 17.8. The van der Waals surface area contributed by atoms with Crippen LogP contribution >= 0.6 is 0 Å². The summed E-state index contributed by atoms with van der Waals surface area (Å²) in [5.74, 6) is 0.0881. The van der Waals surface area contributed by atoms with E-state index in [9.17, 15) is 14.7 Å². The number of aliphatic carboxylic acids is 1. The molecule has 10 heteroatoms. The Bertz CT molecular complexity index is 1050. The lowest BCUT2D eigenvalue weighted by Crippen LogP contribution is -2.34. The Labute approximate surface area is 205 Å². The van der Waals surface area contributed by atoms with Crippen LogP contribution < -0.4 is 4.74 Å². The number of carboxylic acid groups (broad SMARTS) is 1. The summed E-state index contributed by atoms with van der Waals surface area (Å²) in [7, 11) is 3.52. The van der Waals surface area contributed by atoms with Crippen molar-refractivity contribution in [1.82, 2.24) is 24.9 Å². The summed E-state index contributed by atoms with van der Waals surface area (Å²) in [6, 6.07) is 3.65. The molecule has 2 aliphatic rings. The van der Waals surface area contributed by atoms with Gasteiger partial charge in [-0.1, -0.05) is 18.1 Å². The zero-order valence-electron chi connectivity index (χ0n) is 20.8. The summed E-state index contributed by atoms with van der Waals surface area (Å²) < 4.78 is 13.3. The lowest BCUT2D eigenvalue weighted by molar-refractivity contribution is -0.142. The van der Waals surface area contributed by atoms with Crippen molar-refractivity contribution in [3.05, 3.63) is 23.5 Å². The van der Waals surface area contributed by atoms with Gasteiger partial charge in [0, 0.05) is 20.6 Å². The van der Waals surface area contributed by atoms with Crippen molar-refractivity contribution < 1.29 is 24.2 Å². The lowest BCUT2D eigenvalue weighted by atomic mass is 9.85. The Morgan fingerprint density at radius 2 is 1.94 bits per heavy atom.